The maximum atomic E-state index is 12.5. The van der Waals surface area contributed by atoms with Crippen LogP contribution in [0.15, 0.2) is 30.4 Å². The monoisotopic (exact) mass is 470 g/mol. The van der Waals surface area contributed by atoms with Gasteiger partial charge in [-0.05, 0) is 17.0 Å². The predicted molar refractivity (Wildman–Crippen MR) is 114 cm³/mol. The minimum Gasteiger partial charge on any atom is -0.475 e. The van der Waals surface area contributed by atoms with E-state index in [1.165, 1.54) is 5.06 Å². The number of fused-ring (bicyclic) bond motifs is 6. The molecule has 1 aromatic rings. The van der Waals surface area contributed by atoms with Crippen LogP contribution in [0.3, 0.4) is 0 Å². The third-order valence-corrected chi connectivity index (χ3v) is 6.46. The van der Waals surface area contributed by atoms with Gasteiger partial charge in [-0.15, -0.1) is 5.06 Å². The average Bonchev–Trinajstić information content (AvgIpc) is 3.47. The second-order valence-corrected chi connectivity index (χ2v) is 9.89. The van der Waals surface area contributed by atoms with E-state index in [4.69, 9.17) is 19.1 Å². The maximum absolute atomic E-state index is 12.5. The summed E-state index contributed by atoms with van der Waals surface area (Å²) < 4.78 is 11.2. The van der Waals surface area contributed by atoms with Gasteiger partial charge in [0.1, 0.15) is 5.75 Å². The van der Waals surface area contributed by atoms with Gasteiger partial charge in [-0.2, -0.15) is 0 Å². The third-order valence-electron chi connectivity index (χ3n) is 6.46. The van der Waals surface area contributed by atoms with E-state index in [-0.39, 0.29) is 25.0 Å². The molecule has 4 heterocycles. The molecule has 4 aliphatic heterocycles. The van der Waals surface area contributed by atoms with Crippen molar-refractivity contribution in [3.63, 3.8) is 0 Å². The van der Waals surface area contributed by atoms with Crippen molar-refractivity contribution in [3.05, 3.63) is 41.5 Å². The van der Waals surface area contributed by atoms with Crippen LogP contribution in [0.25, 0.3) is 0 Å². The lowest BCUT2D eigenvalue weighted by molar-refractivity contribution is -0.213. The lowest BCUT2D eigenvalue weighted by atomic mass is 9.85. The molecule has 0 radical (unpaired) electrons. The molecular formula is C24H26N2O8. The molecule has 10 nitrogen and oxygen atoms in total. The number of hydroxylamine groups is 4. The molecule has 4 atom stereocenters. The molecule has 2 saturated heterocycles. The van der Waals surface area contributed by atoms with Gasteiger partial charge in [0.05, 0.1) is 43.4 Å². The molecule has 5 rings (SSSR count). The number of hydrogen-bond donors (Lipinski definition) is 0. The number of rotatable bonds is 5. The zero-order valence-corrected chi connectivity index (χ0v) is 19.2. The van der Waals surface area contributed by atoms with Crippen LogP contribution in [0.1, 0.15) is 44.7 Å². The smallest absolute Gasteiger partial charge is 0.333 e. The molecule has 0 saturated carbocycles. The van der Waals surface area contributed by atoms with Crippen molar-refractivity contribution in [3.8, 4) is 5.75 Å². The highest BCUT2D eigenvalue weighted by molar-refractivity contribution is 6.06. The van der Waals surface area contributed by atoms with Crippen LogP contribution < -0.4 is 4.74 Å². The Balaban J connectivity index is 1.11. The van der Waals surface area contributed by atoms with Crippen LogP contribution in [-0.4, -0.2) is 52.8 Å². The number of imide groups is 1. The van der Waals surface area contributed by atoms with E-state index in [1.54, 1.807) is 12.2 Å². The second kappa shape index (κ2) is 8.21. The first-order valence-corrected chi connectivity index (χ1v) is 11.3. The van der Waals surface area contributed by atoms with Crippen LogP contribution >= 0.6 is 0 Å². The Hall–Kier alpha value is -3.24. The Morgan fingerprint density at radius 3 is 2.24 bits per heavy atom. The zero-order valence-electron chi connectivity index (χ0n) is 19.2. The van der Waals surface area contributed by atoms with Crippen LogP contribution in [0.2, 0.25) is 0 Å². The molecule has 1 aromatic carbocycles. The van der Waals surface area contributed by atoms with Crippen molar-refractivity contribution < 1.29 is 38.3 Å². The van der Waals surface area contributed by atoms with Crippen LogP contribution in [0.5, 0.6) is 5.75 Å². The lowest BCUT2D eigenvalue weighted by Crippen LogP contribution is -2.37. The van der Waals surface area contributed by atoms with Gasteiger partial charge in [0, 0.05) is 5.56 Å². The Kier molecular flexibility index (Phi) is 5.44. The molecule has 0 aliphatic carbocycles. The summed E-state index contributed by atoms with van der Waals surface area (Å²) in [5.74, 6) is -3.30. The first kappa shape index (κ1) is 22.5. The minimum atomic E-state index is -0.866. The van der Waals surface area contributed by atoms with E-state index in [1.807, 2.05) is 18.2 Å². The number of ether oxygens (including phenoxy) is 2. The molecule has 10 heteroatoms. The van der Waals surface area contributed by atoms with Gasteiger partial charge in [-0.25, -0.2) is 4.79 Å². The Bertz CT molecular complexity index is 1060. The summed E-state index contributed by atoms with van der Waals surface area (Å²) in [6, 6.07) is 5.95. The molecule has 2 amide bonds. The molecule has 0 spiro atoms. The molecule has 0 N–H and O–H groups in total. The molecular weight excluding hydrogens is 444 g/mol. The summed E-state index contributed by atoms with van der Waals surface area (Å²) in [7, 11) is 0. The van der Waals surface area contributed by atoms with Crippen molar-refractivity contribution in [1.82, 2.24) is 10.1 Å². The molecule has 4 unspecified atom stereocenters. The van der Waals surface area contributed by atoms with Crippen molar-refractivity contribution in [2.45, 2.75) is 57.8 Å². The zero-order chi connectivity index (χ0) is 24.2. The SMILES string of the molecule is CC(C)(C)c1ccc2c(c1)CN(OC(=O)CCC(=O)ON1C(=O)C3C4C=CC(O4)C3C1=O)CO2. The van der Waals surface area contributed by atoms with Crippen molar-refractivity contribution in [1.29, 1.82) is 0 Å². The number of nitrogens with zero attached hydrogens (tertiary/aromatic N) is 2. The maximum Gasteiger partial charge on any atom is 0.333 e. The van der Waals surface area contributed by atoms with E-state index in [9.17, 15) is 19.2 Å². The van der Waals surface area contributed by atoms with Crippen molar-refractivity contribution in [2.24, 2.45) is 11.8 Å². The molecule has 0 aromatic heterocycles. The highest BCUT2D eigenvalue weighted by Crippen LogP contribution is 2.45. The normalized spacial score (nSPS) is 27.4. The molecule has 2 bridgehead atoms. The topological polar surface area (TPSA) is 112 Å². The molecule has 34 heavy (non-hydrogen) atoms. The number of amides is 2. The summed E-state index contributed by atoms with van der Waals surface area (Å²) in [5.41, 5.74) is 2.00. The average molecular weight is 470 g/mol. The van der Waals surface area contributed by atoms with Crippen LogP contribution in [-0.2, 0) is 45.5 Å². The number of carbonyl (C=O) groups is 4. The van der Waals surface area contributed by atoms with Crippen LogP contribution in [0.4, 0.5) is 0 Å². The van der Waals surface area contributed by atoms with Crippen LogP contribution in [0, 0.1) is 11.8 Å². The van der Waals surface area contributed by atoms with Gasteiger partial charge >= 0.3 is 11.9 Å². The molecule has 4 aliphatic rings. The van der Waals surface area contributed by atoms with Gasteiger partial charge in [0.2, 0.25) is 0 Å². The van der Waals surface area contributed by atoms with E-state index in [0.29, 0.717) is 11.6 Å². The second-order valence-electron chi connectivity index (χ2n) is 9.89. The fourth-order valence-corrected chi connectivity index (χ4v) is 4.65. The third kappa shape index (κ3) is 3.97. The summed E-state index contributed by atoms with van der Waals surface area (Å²) in [5, 5.41) is 1.89. The highest BCUT2D eigenvalue weighted by Gasteiger charge is 2.62. The first-order chi connectivity index (χ1) is 16.1. The Morgan fingerprint density at radius 1 is 1.00 bits per heavy atom. The minimum absolute atomic E-state index is 0.0335. The lowest BCUT2D eigenvalue weighted by Gasteiger charge is -2.29. The number of benzene rings is 1. The fourth-order valence-electron chi connectivity index (χ4n) is 4.65. The first-order valence-electron chi connectivity index (χ1n) is 11.3. The molecule has 180 valence electrons. The van der Waals surface area contributed by atoms with E-state index < -0.39 is 47.8 Å². The summed E-state index contributed by atoms with van der Waals surface area (Å²) in [4.78, 5) is 59.8. The fraction of sp³-hybridized carbons (Fsp3) is 0.500. The van der Waals surface area contributed by atoms with Crippen molar-refractivity contribution >= 4 is 23.8 Å². The Labute approximate surface area is 196 Å². The van der Waals surface area contributed by atoms with Gasteiger partial charge in [-0.1, -0.05) is 50.1 Å². The highest BCUT2D eigenvalue weighted by atomic mass is 16.7. The largest absolute Gasteiger partial charge is 0.475 e. The van der Waals surface area contributed by atoms with E-state index in [2.05, 4.69) is 20.8 Å². The molecule has 2 fully saturated rings. The van der Waals surface area contributed by atoms with E-state index >= 15 is 0 Å². The summed E-state index contributed by atoms with van der Waals surface area (Å²) >= 11 is 0. The number of carbonyl (C=O) groups excluding carboxylic acids is 4. The summed E-state index contributed by atoms with van der Waals surface area (Å²) in [6.07, 6.45) is 1.92. The Morgan fingerprint density at radius 2 is 1.62 bits per heavy atom. The van der Waals surface area contributed by atoms with Gasteiger partial charge < -0.3 is 19.1 Å². The van der Waals surface area contributed by atoms with Gasteiger partial charge in [-0.3, -0.25) is 14.4 Å². The summed E-state index contributed by atoms with van der Waals surface area (Å²) in [6.45, 7) is 6.75. The predicted octanol–water partition coefficient (Wildman–Crippen LogP) is 1.77. The standard InChI is InChI=1S/C24H26N2O8/c1-24(2,3)14-4-5-15-13(10-14)11-25(12-31-15)33-18(27)8-9-19(28)34-26-22(29)20-16-6-7-17(32-16)21(20)23(26)30/h4-7,10,16-17,20-21H,8-9,11-12H2,1-3H3. The van der Waals surface area contributed by atoms with Gasteiger partial charge in [0.25, 0.3) is 11.8 Å². The van der Waals surface area contributed by atoms with Gasteiger partial charge in [0.15, 0.2) is 6.73 Å². The van der Waals surface area contributed by atoms with Crippen molar-refractivity contribution in [2.75, 3.05) is 6.73 Å². The number of hydrogen-bond acceptors (Lipinski definition) is 9. The quantitative estimate of drug-likeness (QED) is 0.469. The van der Waals surface area contributed by atoms with E-state index in [0.717, 1.165) is 16.9 Å².